The Bertz CT molecular complexity index is 428. The van der Waals surface area contributed by atoms with Gasteiger partial charge in [0.2, 0.25) is 0 Å². The summed E-state index contributed by atoms with van der Waals surface area (Å²) < 4.78 is 5.01. The number of nitrogens with one attached hydrogen (secondary N) is 1. The second kappa shape index (κ2) is 6.41. The lowest BCUT2D eigenvalue weighted by Gasteiger charge is -2.32. The van der Waals surface area contributed by atoms with Gasteiger partial charge in [-0.1, -0.05) is 0 Å². The van der Waals surface area contributed by atoms with E-state index in [1.54, 1.807) is 11.1 Å². The van der Waals surface area contributed by atoms with Gasteiger partial charge in [-0.3, -0.25) is 4.98 Å². The van der Waals surface area contributed by atoms with Crippen molar-refractivity contribution in [1.82, 2.24) is 9.88 Å². The minimum absolute atomic E-state index is 0.193. The van der Waals surface area contributed by atoms with Crippen molar-refractivity contribution < 1.29 is 9.53 Å². The van der Waals surface area contributed by atoms with Crippen molar-refractivity contribution >= 4 is 11.8 Å². The van der Waals surface area contributed by atoms with Crippen LogP contribution < -0.4 is 5.32 Å². The number of carbonyl (C=O) groups excluding carboxylic acids is 1. The Hall–Kier alpha value is -1.78. The van der Waals surface area contributed by atoms with Crippen molar-refractivity contribution in [3.05, 3.63) is 24.0 Å². The molecule has 19 heavy (non-hydrogen) atoms. The third-order valence-electron chi connectivity index (χ3n) is 3.40. The summed E-state index contributed by atoms with van der Waals surface area (Å²) in [5, 5.41) is 3.52. The molecule has 1 aromatic rings. The van der Waals surface area contributed by atoms with Crippen LogP contribution in [0, 0.1) is 6.92 Å². The largest absolute Gasteiger partial charge is 0.450 e. The van der Waals surface area contributed by atoms with Crippen molar-refractivity contribution in [2.75, 3.05) is 25.0 Å². The van der Waals surface area contributed by atoms with Crippen molar-refractivity contribution in [3.63, 3.8) is 0 Å². The molecular formula is C14H21N3O2. The van der Waals surface area contributed by atoms with Crippen molar-refractivity contribution in [2.45, 2.75) is 32.7 Å². The van der Waals surface area contributed by atoms with Gasteiger partial charge in [0.15, 0.2) is 0 Å². The van der Waals surface area contributed by atoms with Crippen molar-refractivity contribution in [1.29, 1.82) is 0 Å². The second-order valence-electron chi connectivity index (χ2n) is 4.80. The third kappa shape index (κ3) is 3.59. The highest BCUT2D eigenvalue weighted by molar-refractivity contribution is 5.67. The topological polar surface area (TPSA) is 54.5 Å². The summed E-state index contributed by atoms with van der Waals surface area (Å²) >= 11 is 0. The number of ether oxygens (including phenoxy) is 1. The van der Waals surface area contributed by atoms with Gasteiger partial charge in [-0.05, 0) is 38.3 Å². The van der Waals surface area contributed by atoms with Gasteiger partial charge < -0.3 is 15.0 Å². The predicted molar refractivity (Wildman–Crippen MR) is 74.2 cm³/mol. The van der Waals surface area contributed by atoms with Crippen LogP contribution >= 0.6 is 0 Å². The number of rotatable bonds is 3. The van der Waals surface area contributed by atoms with Crippen molar-refractivity contribution in [2.24, 2.45) is 0 Å². The fraction of sp³-hybridized carbons (Fsp3) is 0.571. The molecule has 0 unspecified atom stereocenters. The van der Waals surface area contributed by atoms with Gasteiger partial charge in [-0.15, -0.1) is 0 Å². The molecule has 1 fully saturated rings. The molecule has 5 nitrogen and oxygen atoms in total. The number of likely N-dealkylation sites (tertiary alicyclic amines) is 1. The number of nitrogens with zero attached hydrogens (tertiary/aromatic N) is 2. The van der Waals surface area contributed by atoms with Gasteiger partial charge in [0, 0.05) is 37.2 Å². The molecule has 1 aliphatic heterocycles. The molecule has 2 rings (SSSR count). The zero-order valence-corrected chi connectivity index (χ0v) is 11.6. The fourth-order valence-electron chi connectivity index (χ4n) is 2.28. The van der Waals surface area contributed by atoms with Crippen LogP contribution in [0.5, 0.6) is 0 Å². The number of hydrogen-bond donors (Lipinski definition) is 1. The highest BCUT2D eigenvalue weighted by Crippen LogP contribution is 2.19. The van der Waals surface area contributed by atoms with Gasteiger partial charge in [0.1, 0.15) is 0 Å². The molecule has 1 saturated heterocycles. The Balaban J connectivity index is 1.84. The SMILES string of the molecule is CCOC(=O)N1CCC(Nc2ccncc2C)CC1. The van der Waals surface area contributed by atoms with Crippen molar-refractivity contribution in [3.8, 4) is 0 Å². The third-order valence-corrected chi connectivity index (χ3v) is 3.40. The van der Waals surface area contributed by atoms with Crippen LogP contribution in [0.25, 0.3) is 0 Å². The molecule has 0 atom stereocenters. The van der Waals surface area contributed by atoms with E-state index in [1.165, 1.54) is 0 Å². The molecule has 0 bridgehead atoms. The van der Waals surface area contributed by atoms with E-state index in [2.05, 4.69) is 10.3 Å². The molecule has 5 heteroatoms. The Kier molecular flexibility index (Phi) is 4.60. The van der Waals surface area contributed by atoms with Gasteiger partial charge in [-0.2, -0.15) is 0 Å². The van der Waals surface area contributed by atoms with E-state index < -0.39 is 0 Å². The Morgan fingerprint density at radius 1 is 1.53 bits per heavy atom. The summed E-state index contributed by atoms with van der Waals surface area (Å²) in [6.45, 7) is 5.82. The van der Waals surface area contributed by atoms with Gasteiger partial charge in [0.25, 0.3) is 0 Å². The molecule has 1 aliphatic rings. The van der Waals surface area contributed by atoms with E-state index >= 15 is 0 Å². The lowest BCUT2D eigenvalue weighted by molar-refractivity contribution is 0.0983. The smallest absolute Gasteiger partial charge is 0.409 e. The van der Waals surface area contributed by atoms with Crippen LogP contribution in [-0.4, -0.2) is 41.7 Å². The monoisotopic (exact) mass is 263 g/mol. The Labute approximate surface area is 114 Å². The molecule has 0 radical (unpaired) electrons. The lowest BCUT2D eigenvalue weighted by atomic mass is 10.0. The number of pyridine rings is 1. The van der Waals surface area contributed by atoms with Crippen LogP contribution in [0.2, 0.25) is 0 Å². The Morgan fingerprint density at radius 2 is 2.26 bits per heavy atom. The average molecular weight is 263 g/mol. The number of carbonyl (C=O) groups is 1. The number of hydrogen-bond acceptors (Lipinski definition) is 4. The van der Waals surface area contributed by atoms with Crippen LogP contribution in [0.15, 0.2) is 18.5 Å². The van der Waals surface area contributed by atoms with Gasteiger partial charge in [0.05, 0.1) is 6.61 Å². The summed E-state index contributed by atoms with van der Waals surface area (Å²) in [6.07, 6.45) is 5.35. The zero-order chi connectivity index (χ0) is 13.7. The summed E-state index contributed by atoms with van der Waals surface area (Å²) in [6, 6.07) is 2.40. The molecular weight excluding hydrogens is 242 g/mol. The van der Waals surface area contributed by atoms with E-state index in [4.69, 9.17) is 4.74 Å². The minimum Gasteiger partial charge on any atom is -0.450 e. The lowest BCUT2D eigenvalue weighted by Crippen LogP contribution is -2.42. The second-order valence-corrected chi connectivity index (χ2v) is 4.80. The Morgan fingerprint density at radius 3 is 2.89 bits per heavy atom. The highest BCUT2D eigenvalue weighted by Gasteiger charge is 2.23. The molecule has 0 aliphatic carbocycles. The molecule has 1 N–H and O–H groups in total. The van der Waals surface area contributed by atoms with E-state index in [9.17, 15) is 4.79 Å². The average Bonchev–Trinajstić information content (AvgIpc) is 2.42. The van der Waals surface area contributed by atoms with E-state index in [-0.39, 0.29) is 6.09 Å². The van der Waals surface area contributed by atoms with Crippen LogP contribution in [0.3, 0.4) is 0 Å². The summed E-state index contributed by atoms with van der Waals surface area (Å²) in [5.41, 5.74) is 2.28. The molecule has 1 amide bonds. The quantitative estimate of drug-likeness (QED) is 0.910. The first-order valence-corrected chi connectivity index (χ1v) is 6.79. The molecule has 2 heterocycles. The molecule has 0 saturated carbocycles. The summed E-state index contributed by atoms with van der Waals surface area (Å²) in [5.74, 6) is 0. The number of aromatic nitrogens is 1. The number of aryl methyl sites for hydroxylation is 1. The molecule has 0 aromatic carbocycles. The maximum atomic E-state index is 11.6. The first-order chi connectivity index (χ1) is 9.20. The predicted octanol–water partition coefficient (Wildman–Crippen LogP) is 2.42. The van der Waals surface area contributed by atoms with Gasteiger partial charge >= 0.3 is 6.09 Å². The van der Waals surface area contributed by atoms with Crippen LogP contribution in [0.1, 0.15) is 25.3 Å². The molecule has 1 aromatic heterocycles. The van der Waals surface area contributed by atoms with Gasteiger partial charge in [-0.25, -0.2) is 4.79 Å². The van der Waals surface area contributed by atoms with E-state index in [0.29, 0.717) is 12.6 Å². The highest BCUT2D eigenvalue weighted by atomic mass is 16.6. The number of anilines is 1. The fourth-order valence-corrected chi connectivity index (χ4v) is 2.28. The van der Waals surface area contributed by atoms with Crippen LogP contribution in [0.4, 0.5) is 10.5 Å². The summed E-state index contributed by atoms with van der Waals surface area (Å²) in [7, 11) is 0. The maximum Gasteiger partial charge on any atom is 0.409 e. The van der Waals surface area contributed by atoms with E-state index in [1.807, 2.05) is 26.1 Å². The maximum absolute atomic E-state index is 11.6. The first kappa shape index (κ1) is 13.6. The van der Waals surface area contributed by atoms with E-state index in [0.717, 1.165) is 37.2 Å². The molecule has 104 valence electrons. The molecule has 0 spiro atoms. The zero-order valence-electron chi connectivity index (χ0n) is 11.6. The first-order valence-electron chi connectivity index (χ1n) is 6.79. The standard InChI is InChI=1S/C14H21N3O2/c1-3-19-14(18)17-8-5-12(6-9-17)16-13-4-7-15-10-11(13)2/h4,7,10,12H,3,5-6,8-9H2,1-2H3,(H,15,16). The van der Waals surface area contributed by atoms with Crippen LogP contribution in [-0.2, 0) is 4.74 Å². The normalized spacial score (nSPS) is 16.2. The summed E-state index contributed by atoms with van der Waals surface area (Å²) in [4.78, 5) is 17.5. The number of amides is 1. The number of piperidine rings is 1. The minimum atomic E-state index is -0.193.